The van der Waals surface area contributed by atoms with Gasteiger partial charge in [-0.3, -0.25) is 9.69 Å². The van der Waals surface area contributed by atoms with Gasteiger partial charge in [-0.25, -0.2) is 0 Å². The van der Waals surface area contributed by atoms with Crippen LogP contribution in [0.15, 0.2) is 0 Å². The summed E-state index contributed by atoms with van der Waals surface area (Å²) in [5, 5.41) is 9.22. The maximum Gasteiger partial charge on any atom is 0.236 e. The van der Waals surface area contributed by atoms with Crippen LogP contribution < -0.4 is 0 Å². The van der Waals surface area contributed by atoms with Crippen LogP contribution in [-0.4, -0.2) is 84.6 Å². The highest BCUT2D eigenvalue weighted by Crippen LogP contribution is 2.14. The molecule has 4 unspecified atom stereocenters. The second kappa shape index (κ2) is 6.85. The van der Waals surface area contributed by atoms with Gasteiger partial charge >= 0.3 is 0 Å². The Morgan fingerprint density at radius 2 is 1.65 bits per heavy atom. The molecule has 1 N–H and O–H groups in total. The number of carbonyl (C=O) groups excluding carboxylic acids is 1. The van der Waals surface area contributed by atoms with Gasteiger partial charge in [-0.1, -0.05) is 0 Å². The fourth-order valence-corrected chi connectivity index (χ4v) is 3.04. The molecule has 2 heterocycles. The number of hydrogen-bond donors (Lipinski definition) is 1. The predicted molar refractivity (Wildman–Crippen MR) is 74.4 cm³/mol. The number of morpholine rings is 2. The zero-order valence-electron chi connectivity index (χ0n) is 12.6. The van der Waals surface area contributed by atoms with Crippen LogP contribution in [0, 0.1) is 0 Å². The van der Waals surface area contributed by atoms with Crippen molar-refractivity contribution in [2.24, 2.45) is 0 Å². The summed E-state index contributed by atoms with van der Waals surface area (Å²) < 4.78 is 11.2. The standard InChI is InChI=1S/C14H26N2O4/c1-10-4-15(7-13(9-17)20-10)8-14(18)16-5-11(2)19-12(3)6-16/h10-13,17H,4-9H2,1-3H3. The van der Waals surface area contributed by atoms with Gasteiger partial charge in [0.2, 0.25) is 5.91 Å². The third-order valence-corrected chi connectivity index (χ3v) is 3.74. The number of aliphatic hydroxyl groups excluding tert-OH is 1. The number of ether oxygens (including phenoxy) is 2. The van der Waals surface area contributed by atoms with E-state index >= 15 is 0 Å². The molecule has 2 saturated heterocycles. The average Bonchev–Trinajstić information content (AvgIpc) is 2.36. The Kier molecular flexibility index (Phi) is 5.37. The molecule has 0 bridgehead atoms. The third kappa shape index (κ3) is 4.15. The van der Waals surface area contributed by atoms with Crippen molar-refractivity contribution in [3.05, 3.63) is 0 Å². The van der Waals surface area contributed by atoms with Crippen molar-refractivity contribution >= 4 is 5.91 Å². The molecule has 116 valence electrons. The molecular formula is C14H26N2O4. The lowest BCUT2D eigenvalue weighted by molar-refractivity contribution is -0.148. The van der Waals surface area contributed by atoms with Crippen molar-refractivity contribution in [2.45, 2.75) is 45.2 Å². The van der Waals surface area contributed by atoms with Crippen LogP contribution in [-0.2, 0) is 14.3 Å². The molecule has 1 amide bonds. The number of aliphatic hydroxyl groups is 1. The zero-order valence-corrected chi connectivity index (χ0v) is 12.6. The van der Waals surface area contributed by atoms with E-state index < -0.39 is 0 Å². The number of rotatable bonds is 3. The molecule has 0 aromatic carbocycles. The maximum absolute atomic E-state index is 12.4. The summed E-state index contributed by atoms with van der Waals surface area (Å²) in [7, 11) is 0. The van der Waals surface area contributed by atoms with Crippen molar-refractivity contribution < 1.29 is 19.4 Å². The van der Waals surface area contributed by atoms with Gasteiger partial charge in [-0.05, 0) is 20.8 Å². The average molecular weight is 286 g/mol. The lowest BCUT2D eigenvalue weighted by Crippen LogP contribution is -2.54. The summed E-state index contributed by atoms with van der Waals surface area (Å²) in [6.45, 7) is 9.02. The summed E-state index contributed by atoms with van der Waals surface area (Å²) >= 11 is 0. The van der Waals surface area contributed by atoms with Gasteiger partial charge in [0.15, 0.2) is 0 Å². The molecule has 0 spiro atoms. The minimum atomic E-state index is -0.186. The highest BCUT2D eigenvalue weighted by Gasteiger charge is 2.30. The second-order valence-corrected chi connectivity index (χ2v) is 6.00. The molecule has 2 rings (SSSR count). The fourth-order valence-electron chi connectivity index (χ4n) is 3.04. The first-order chi connectivity index (χ1) is 9.47. The Morgan fingerprint density at radius 3 is 2.25 bits per heavy atom. The van der Waals surface area contributed by atoms with Gasteiger partial charge in [-0.2, -0.15) is 0 Å². The predicted octanol–water partition coefficient (Wildman–Crippen LogP) is -0.296. The smallest absolute Gasteiger partial charge is 0.236 e. The molecule has 0 aromatic rings. The van der Waals surface area contributed by atoms with Crippen LogP contribution in [0.1, 0.15) is 20.8 Å². The Morgan fingerprint density at radius 1 is 1.05 bits per heavy atom. The Labute approximate surface area is 120 Å². The van der Waals surface area contributed by atoms with E-state index in [9.17, 15) is 9.90 Å². The number of amides is 1. The zero-order chi connectivity index (χ0) is 14.7. The molecule has 2 fully saturated rings. The summed E-state index contributed by atoms with van der Waals surface area (Å²) in [5.74, 6) is 0.137. The van der Waals surface area contributed by atoms with Crippen molar-refractivity contribution in [1.29, 1.82) is 0 Å². The number of hydrogen-bond acceptors (Lipinski definition) is 5. The Hall–Kier alpha value is -0.690. The summed E-state index contributed by atoms with van der Waals surface area (Å²) in [6, 6.07) is 0. The largest absolute Gasteiger partial charge is 0.394 e. The molecule has 6 nitrogen and oxygen atoms in total. The molecule has 4 atom stereocenters. The molecule has 0 aromatic heterocycles. The molecule has 0 aliphatic carbocycles. The van der Waals surface area contributed by atoms with Crippen molar-refractivity contribution in [2.75, 3.05) is 39.3 Å². The van der Waals surface area contributed by atoms with Crippen molar-refractivity contribution in [3.8, 4) is 0 Å². The van der Waals surface area contributed by atoms with Crippen LogP contribution >= 0.6 is 0 Å². The lowest BCUT2D eigenvalue weighted by Gasteiger charge is -2.39. The van der Waals surface area contributed by atoms with Gasteiger partial charge in [0.1, 0.15) is 0 Å². The fraction of sp³-hybridized carbons (Fsp3) is 0.929. The minimum Gasteiger partial charge on any atom is -0.394 e. The topological polar surface area (TPSA) is 62.2 Å². The van der Waals surface area contributed by atoms with Gasteiger partial charge in [0, 0.05) is 26.2 Å². The normalized spacial score (nSPS) is 36.1. The van der Waals surface area contributed by atoms with E-state index in [-0.39, 0.29) is 36.9 Å². The van der Waals surface area contributed by atoms with Crippen molar-refractivity contribution in [1.82, 2.24) is 9.80 Å². The Balaban J connectivity index is 1.87. The quantitative estimate of drug-likeness (QED) is 0.772. The molecular weight excluding hydrogens is 260 g/mol. The number of nitrogens with zero attached hydrogens (tertiary/aromatic N) is 2. The van der Waals surface area contributed by atoms with Crippen LogP contribution in [0.5, 0.6) is 0 Å². The van der Waals surface area contributed by atoms with E-state index in [2.05, 4.69) is 4.90 Å². The Bertz CT molecular complexity index is 329. The van der Waals surface area contributed by atoms with E-state index in [1.807, 2.05) is 25.7 Å². The van der Waals surface area contributed by atoms with Crippen molar-refractivity contribution in [3.63, 3.8) is 0 Å². The first kappa shape index (κ1) is 15.7. The minimum absolute atomic E-state index is 0.000648. The molecule has 20 heavy (non-hydrogen) atoms. The first-order valence-corrected chi connectivity index (χ1v) is 7.39. The highest BCUT2D eigenvalue weighted by atomic mass is 16.5. The summed E-state index contributed by atoms with van der Waals surface area (Å²) in [4.78, 5) is 16.3. The summed E-state index contributed by atoms with van der Waals surface area (Å²) in [5.41, 5.74) is 0. The van der Waals surface area contributed by atoms with E-state index in [0.29, 0.717) is 26.2 Å². The van der Waals surface area contributed by atoms with Gasteiger partial charge in [-0.15, -0.1) is 0 Å². The van der Waals surface area contributed by atoms with Crippen LogP contribution in [0.2, 0.25) is 0 Å². The number of carbonyl (C=O) groups is 1. The monoisotopic (exact) mass is 286 g/mol. The molecule has 0 radical (unpaired) electrons. The highest BCUT2D eigenvalue weighted by molar-refractivity contribution is 5.78. The SMILES string of the molecule is CC1CN(C(=O)CN2CC(C)OC(CO)C2)CC(C)O1. The molecule has 2 aliphatic rings. The van der Waals surface area contributed by atoms with Gasteiger partial charge < -0.3 is 19.5 Å². The first-order valence-electron chi connectivity index (χ1n) is 7.39. The van der Waals surface area contributed by atoms with E-state index in [1.54, 1.807) is 0 Å². The van der Waals surface area contributed by atoms with Gasteiger partial charge in [0.25, 0.3) is 0 Å². The maximum atomic E-state index is 12.4. The van der Waals surface area contributed by atoms with Crippen LogP contribution in [0.4, 0.5) is 0 Å². The van der Waals surface area contributed by atoms with E-state index in [4.69, 9.17) is 9.47 Å². The van der Waals surface area contributed by atoms with Crippen LogP contribution in [0.25, 0.3) is 0 Å². The molecule has 0 saturated carbocycles. The summed E-state index contributed by atoms with van der Waals surface area (Å²) in [6.07, 6.45) is 0.0540. The van der Waals surface area contributed by atoms with E-state index in [1.165, 1.54) is 0 Å². The lowest BCUT2D eigenvalue weighted by atomic mass is 10.2. The molecule has 6 heteroatoms. The second-order valence-electron chi connectivity index (χ2n) is 6.00. The third-order valence-electron chi connectivity index (χ3n) is 3.74. The molecule has 2 aliphatic heterocycles. The van der Waals surface area contributed by atoms with Crippen LogP contribution in [0.3, 0.4) is 0 Å². The van der Waals surface area contributed by atoms with Gasteiger partial charge in [0.05, 0.1) is 37.6 Å². The van der Waals surface area contributed by atoms with E-state index in [0.717, 1.165) is 6.54 Å².